The van der Waals surface area contributed by atoms with Crippen LogP contribution in [0.25, 0.3) is 0 Å². The predicted octanol–water partition coefficient (Wildman–Crippen LogP) is 10.6. The number of Topliss-reactive ketones (excluding diaryl/α,β-unsaturated/α-hetero) is 1. The zero-order valence-electron chi connectivity index (χ0n) is 38.7. The van der Waals surface area contributed by atoms with Crippen LogP contribution >= 0.6 is 0 Å². The highest BCUT2D eigenvalue weighted by molar-refractivity contribution is 5.96. The van der Waals surface area contributed by atoms with Gasteiger partial charge in [0.15, 0.2) is 17.1 Å². The Morgan fingerprint density at radius 3 is 1.45 bits per heavy atom. The van der Waals surface area contributed by atoms with Crippen molar-refractivity contribution in [1.82, 2.24) is 0 Å². The van der Waals surface area contributed by atoms with Crippen LogP contribution in [0, 0.1) is 26.0 Å². The number of esters is 3. The minimum absolute atomic E-state index is 0.0732. The molecule has 17 nitrogen and oxygen atoms in total. The highest BCUT2D eigenvalue weighted by Crippen LogP contribution is 2.44. The quantitative estimate of drug-likeness (QED) is 0.0439. The summed E-state index contributed by atoms with van der Waals surface area (Å²) >= 11 is 0. The van der Waals surface area contributed by atoms with Gasteiger partial charge in [-0.2, -0.15) is 53.5 Å². The number of hydrogen-bond donors (Lipinski definition) is 0. The molecule has 0 amide bonds. The zero-order valence-corrected chi connectivity index (χ0v) is 38.7. The lowest BCUT2D eigenvalue weighted by Crippen LogP contribution is -2.43. The maximum Gasteiger partial charge on any atom is 0.417 e. The van der Waals surface area contributed by atoms with Gasteiger partial charge in [-0.05, 0) is 44.5 Å². The van der Waals surface area contributed by atoms with E-state index in [4.69, 9.17) is 19.1 Å². The minimum atomic E-state index is -5.03. The van der Waals surface area contributed by atoms with E-state index in [0.717, 1.165) is 33.5 Å². The van der Waals surface area contributed by atoms with E-state index in [1.54, 1.807) is 74.5 Å². The van der Waals surface area contributed by atoms with Crippen LogP contribution in [-0.2, 0) is 64.7 Å². The van der Waals surface area contributed by atoms with E-state index in [0.29, 0.717) is 23.3 Å². The van der Waals surface area contributed by atoms with Gasteiger partial charge in [0, 0.05) is 35.7 Å². The van der Waals surface area contributed by atoms with Crippen LogP contribution in [0.1, 0.15) is 85.2 Å². The molecule has 0 N–H and O–H groups in total. The van der Waals surface area contributed by atoms with Gasteiger partial charge in [-0.3, -0.25) is 25.0 Å². The monoisotopic (exact) mass is 1060 g/mol. The molecule has 0 unspecified atom stereocenters. The van der Waals surface area contributed by atoms with Gasteiger partial charge in [0.1, 0.15) is 11.4 Å². The van der Waals surface area contributed by atoms with E-state index < -0.39 is 114 Å². The Morgan fingerprint density at radius 2 is 1.03 bits per heavy atom. The third kappa shape index (κ3) is 14.2. The van der Waals surface area contributed by atoms with Crippen molar-refractivity contribution in [3.8, 4) is 11.5 Å². The highest BCUT2D eigenvalue weighted by Gasteiger charge is 2.45. The second kappa shape index (κ2) is 23.7. The summed E-state index contributed by atoms with van der Waals surface area (Å²) in [7, 11) is 2.69. The van der Waals surface area contributed by atoms with Gasteiger partial charge in [0.2, 0.25) is 5.82 Å². The molecule has 1 heterocycles. The number of hydrogen-bond acceptors (Lipinski definition) is 15. The van der Waals surface area contributed by atoms with Crippen molar-refractivity contribution in [2.24, 2.45) is 0 Å². The molecule has 74 heavy (non-hydrogen) atoms. The summed E-state index contributed by atoms with van der Waals surface area (Å²) in [5.41, 5.74) is -10.1. The van der Waals surface area contributed by atoms with Crippen LogP contribution in [0.4, 0.5) is 55.3 Å². The summed E-state index contributed by atoms with van der Waals surface area (Å²) < 4.78 is 155. The van der Waals surface area contributed by atoms with E-state index in [2.05, 4.69) is 14.2 Å². The summed E-state index contributed by atoms with van der Waals surface area (Å²) in [6.07, 6.45) is -14.6. The van der Waals surface area contributed by atoms with Crippen LogP contribution in [0.2, 0.25) is 0 Å². The second-order valence-electron chi connectivity index (χ2n) is 15.4. The number of ether oxygens (including phenoxy) is 5. The predicted molar refractivity (Wildman–Crippen MR) is 230 cm³/mol. The Morgan fingerprint density at radius 1 is 0.635 bits per heavy atom. The molecule has 1 atom stereocenters. The topological polar surface area (TPSA) is 235 Å². The minimum Gasteiger partial charge on any atom is -0.476 e. The molecule has 0 radical (unpaired) electrons. The number of ketones is 1. The molecule has 0 saturated heterocycles. The Bertz CT molecular complexity index is 2960. The van der Waals surface area contributed by atoms with Crippen molar-refractivity contribution in [2.45, 2.75) is 56.9 Å². The molecule has 0 saturated carbocycles. The number of nitro groups is 2. The van der Waals surface area contributed by atoms with Gasteiger partial charge >= 0.3 is 54.0 Å². The largest absolute Gasteiger partial charge is 0.476 e. The molecule has 394 valence electrons. The maximum atomic E-state index is 13.4. The zero-order chi connectivity index (χ0) is 56.3. The van der Waals surface area contributed by atoms with Crippen LogP contribution in [0.15, 0.2) is 97.1 Å². The van der Waals surface area contributed by atoms with Crippen LogP contribution in [0.3, 0.4) is 0 Å². The number of fused-ring (bicyclic) bond motifs is 1. The fraction of sp³-hybridized carbons (Fsp3) is 0.255. The third-order valence-corrected chi connectivity index (χ3v) is 10.3. The first kappa shape index (κ1) is 59.6. The number of alkyl halides is 9. The first-order chi connectivity index (χ1) is 34.2. The molecule has 1 aliphatic rings. The highest BCUT2D eigenvalue weighted by atomic mass is 19.4. The SMILES string of the molecule is COC(=O)c1cc([N+](=O)[O-])c(F)cc1C(F)(F)F.COC(=O)c1cc([N+](=O)[O-])c(OC(C)(C)c2ccccc2)cc1C(F)(F)F.COC(=O)c1cc2c(cc1C(F)(F)F)O[C@@](C)(c1ccccc1)C(=O)C2.O=C=O. The summed E-state index contributed by atoms with van der Waals surface area (Å²) in [4.78, 5) is 83.0. The van der Waals surface area contributed by atoms with Gasteiger partial charge in [0.05, 0.1) is 64.6 Å². The first-order valence-electron chi connectivity index (χ1n) is 20.2. The van der Waals surface area contributed by atoms with Crippen molar-refractivity contribution in [2.75, 3.05) is 21.3 Å². The number of carbonyl (C=O) groups excluding carboxylic acids is 6. The number of nitro benzene ring substituents is 2. The normalized spacial score (nSPS) is 14.0. The van der Waals surface area contributed by atoms with Gasteiger partial charge in [-0.25, -0.2) is 14.4 Å². The molecule has 0 spiro atoms. The molecular weight excluding hydrogens is 1020 g/mol. The Kier molecular flexibility index (Phi) is 19.0. The fourth-order valence-corrected chi connectivity index (χ4v) is 6.66. The Hall–Kier alpha value is -8.74. The smallest absolute Gasteiger partial charge is 0.417 e. The van der Waals surface area contributed by atoms with Crippen molar-refractivity contribution < 1.29 is 106 Å². The number of rotatable bonds is 9. The van der Waals surface area contributed by atoms with E-state index in [-0.39, 0.29) is 41.8 Å². The average molecular weight is 1060 g/mol. The molecule has 5 aromatic rings. The Balaban J connectivity index is 0.000000290. The van der Waals surface area contributed by atoms with Gasteiger partial charge in [0.25, 0.3) is 0 Å². The van der Waals surface area contributed by atoms with Crippen LogP contribution < -0.4 is 9.47 Å². The number of halogens is 10. The standard InChI is InChI=1S/C19H15F3O4.C18H16F3NO5.C9H5F4NO4.CO2/c1-18(12-6-4-3-5-7-12)16(23)9-11-8-13(17(24)25-2)14(19(20,21)22)10-15(11)26-18;1-17(2,11-7-5-4-6-8-11)27-15-10-13(18(19,20)21)12(16(23)26-3)9-14(15)22(24)25;1-18-8(15)4-2-7(14(16)17)6(10)3-5(4)9(11,12)13;2-1-3/h3-8,10H,9H2,1-2H3;4-10H,1-3H3;2-3H,1H3;/t18-;;;/m0.../s1. The molecule has 0 bridgehead atoms. The number of benzene rings is 5. The van der Waals surface area contributed by atoms with Crippen molar-refractivity contribution in [1.29, 1.82) is 0 Å². The maximum absolute atomic E-state index is 13.4. The van der Waals surface area contributed by atoms with E-state index in [1.165, 1.54) is 6.92 Å². The molecule has 0 aromatic heterocycles. The summed E-state index contributed by atoms with van der Waals surface area (Å²) in [5.74, 6) is -6.56. The lowest BCUT2D eigenvalue weighted by Gasteiger charge is -2.35. The van der Waals surface area contributed by atoms with Crippen molar-refractivity contribution in [3.63, 3.8) is 0 Å². The fourth-order valence-electron chi connectivity index (χ4n) is 6.66. The lowest BCUT2D eigenvalue weighted by molar-refractivity contribution is -0.387. The molecule has 6 rings (SSSR count). The van der Waals surface area contributed by atoms with Gasteiger partial charge < -0.3 is 23.7 Å². The lowest BCUT2D eigenvalue weighted by atomic mass is 9.84. The van der Waals surface area contributed by atoms with Gasteiger partial charge in [-0.15, -0.1) is 0 Å². The Labute approximate surface area is 409 Å². The number of carbonyl (C=O) groups is 4. The molecule has 27 heteroatoms. The number of nitrogens with zero attached hydrogens (tertiary/aromatic N) is 2. The molecule has 1 aliphatic heterocycles. The number of methoxy groups -OCH3 is 3. The van der Waals surface area contributed by atoms with Crippen molar-refractivity contribution >= 4 is 41.2 Å². The summed E-state index contributed by atoms with van der Waals surface area (Å²) in [5, 5.41) is 21.7. The summed E-state index contributed by atoms with van der Waals surface area (Å²) in [6.45, 7) is 4.65. The average Bonchev–Trinajstić information content (AvgIpc) is 3.33. The molecular formula is C47H36F10N2O15. The van der Waals surface area contributed by atoms with E-state index >= 15 is 0 Å². The second-order valence-corrected chi connectivity index (χ2v) is 15.4. The van der Waals surface area contributed by atoms with E-state index in [9.17, 15) is 83.3 Å². The third-order valence-electron chi connectivity index (χ3n) is 10.3. The molecule has 0 fully saturated rings. The first-order valence-corrected chi connectivity index (χ1v) is 20.2. The van der Waals surface area contributed by atoms with Crippen molar-refractivity contribution in [3.05, 3.63) is 173 Å². The summed E-state index contributed by atoms with van der Waals surface area (Å²) in [6, 6.07) is 19.9. The molecule has 0 aliphatic carbocycles. The van der Waals surface area contributed by atoms with E-state index in [1.807, 2.05) is 0 Å². The van der Waals surface area contributed by atoms with Crippen LogP contribution in [-0.4, -0.2) is 61.0 Å². The van der Waals surface area contributed by atoms with Gasteiger partial charge in [-0.1, -0.05) is 60.7 Å². The van der Waals surface area contributed by atoms with Crippen LogP contribution in [0.5, 0.6) is 11.5 Å². The molecule has 5 aromatic carbocycles.